The van der Waals surface area contributed by atoms with E-state index in [2.05, 4.69) is 10.5 Å². The number of ether oxygens (including phenoxy) is 1. The monoisotopic (exact) mass is 312 g/mol. The highest BCUT2D eigenvalue weighted by atomic mass is 16.5. The predicted octanol–water partition coefficient (Wildman–Crippen LogP) is 2.85. The van der Waals surface area contributed by atoms with Gasteiger partial charge in [-0.25, -0.2) is 5.43 Å². The third-order valence-corrected chi connectivity index (χ3v) is 3.23. The topological polar surface area (TPSA) is 70.9 Å². The van der Waals surface area contributed by atoms with E-state index in [1.807, 2.05) is 32.0 Å². The van der Waals surface area contributed by atoms with E-state index in [-0.39, 0.29) is 18.3 Å². The zero-order chi connectivity index (χ0) is 16.8. The first-order valence-electron chi connectivity index (χ1n) is 7.27. The van der Waals surface area contributed by atoms with Crippen LogP contribution in [0, 0.1) is 20.8 Å². The highest BCUT2D eigenvalue weighted by molar-refractivity contribution is 5.85. The molecule has 0 unspecified atom stereocenters. The van der Waals surface area contributed by atoms with Gasteiger partial charge in [0.05, 0.1) is 6.21 Å². The second-order valence-electron chi connectivity index (χ2n) is 5.42. The Morgan fingerprint density at radius 2 is 1.91 bits per heavy atom. The largest absolute Gasteiger partial charge is 0.507 e. The molecule has 0 heterocycles. The van der Waals surface area contributed by atoms with Crippen molar-refractivity contribution in [2.75, 3.05) is 6.61 Å². The number of hydrogen-bond donors (Lipinski definition) is 2. The number of amides is 1. The number of rotatable bonds is 5. The van der Waals surface area contributed by atoms with Crippen LogP contribution in [-0.2, 0) is 4.79 Å². The van der Waals surface area contributed by atoms with E-state index < -0.39 is 0 Å². The van der Waals surface area contributed by atoms with E-state index in [0.29, 0.717) is 11.3 Å². The van der Waals surface area contributed by atoms with Gasteiger partial charge >= 0.3 is 0 Å². The molecule has 0 saturated heterocycles. The van der Waals surface area contributed by atoms with Crippen LogP contribution in [0.5, 0.6) is 11.5 Å². The predicted molar refractivity (Wildman–Crippen MR) is 90.0 cm³/mol. The molecule has 5 heteroatoms. The first-order valence-corrected chi connectivity index (χ1v) is 7.27. The SMILES string of the molecule is Cc1cc(C)cc(OCC(=O)NN=Cc2cccc(C)c2O)c1. The van der Waals surface area contributed by atoms with Crippen LogP contribution in [0.15, 0.2) is 41.5 Å². The van der Waals surface area contributed by atoms with E-state index in [9.17, 15) is 9.90 Å². The normalized spacial score (nSPS) is 10.7. The van der Waals surface area contributed by atoms with Gasteiger partial charge < -0.3 is 9.84 Å². The average Bonchev–Trinajstić information content (AvgIpc) is 2.48. The van der Waals surface area contributed by atoms with Gasteiger partial charge in [-0.2, -0.15) is 5.10 Å². The van der Waals surface area contributed by atoms with Crippen LogP contribution in [0.1, 0.15) is 22.3 Å². The van der Waals surface area contributed by atoms with Crippen molar-refractivity contribution >= 4 is 12.1 Å². The van der Waals surface area contributed by atoms with Crippen LogP contribution in [0.3, 0.4) is 0 Å². The summed E-state index contributed by atoms with van der Waals surface area (Å²) in [4.78, 5) is 11.7. The fourth-order valence-corrected chi connectivity index (χ4v) is 2.16. The Labute approximate surface area is 135 Å². The lowest BCUT2D eigenvalue weighted by atomic mass is 10.1. The van der Waals surface area contributed by atoms with Crippen molar-refractivity contribution in [1.29, 1.82) is 0 Å². The highest BCUT2D eigenvalue weighted by Gasteiger charge is 2.04. The molecule has 120 valence electrons. The lowest BCUT2D eigenvalue weighted by molar-refractivity contribution is -0.123. The van der Waals surface area contributed by atoms with Crippen LogP contribution in [0.2, 0.25) is 0 Å². The van der Waals surface area contributed by atoms with Crippen molar-refractivity contribution < 1.29 is 14.6 Å². The second-order valence-corrected chi connectivity index (χ2v) is 5.42. The molecule has 0 aromatic heterocycles. The maximum atomic E-state index is 11.7. The van der Waals surface area contributed by atoms with E-state index >= 15 is 0 Å². The zero-order valence-corrected chi connectivity index (χ0v) is 13.5. The summed E-state index contributed by atoms with van der Waals surface area (Å²) in [6.07, 6.45) is 1.40. The van der Waals surface area contributed by atoms with Crippen LogP contribution in [0.25, 0.3) is 0 Å². The number of aryl methyl sites for hydroxylation is 3. The maximum absolute atomic E-state index is 11.7. The summed E-state index contributed by atoms with van der Waals surface area (Å²) >= 11 is 0. The molecule has 23 heavy (non-hydrogen) atoms. The van der Waals surface area contributed by atoms with Crippen molar-refractivity contribution in [3.05, 3.63) is 58.7 Å². The highest BCUT2D eigenvalue weighted by Crippen LogP contribution is 2.19. The van der Waals surface area contributed by atoms with E-state index in [4.69, 9.17) is 4.74 Å². The fourth-order valence-electron chi connectivity index (χ4n) is 2.16. The zero-order valence-electron chi connectivity index (χ0n) is 13.5. The molecule has 0 bridgehead atoms. The molecule has 2 aromatic rings. The molecule has 0 spiro atoms. The van der Waals surface area contributed by atoms with Crippen LogP contribution < -0.4 is 10.2 Å². The number of phenolic OH excluding ortho intramolecular Hbond substituents is 1. The van der Waals surface area contributed by atoms with Crippen molar-refractivity contribution in [1.82, 2.24) is 5.43 Å². The molecule has 1 amide bonds. The third kappa shape index (κ3) is 4.85. The molecule has 0 radical (unpaired) electrons. The molecule has 0 aliphatic heterocycles. The number of hydrazone groups is 1. The quantitative estimate of drug-likeness (QED) is 0.659. The number of phenols is 1. The van der Waals surface area contributed by atoms with Crippen molar-refractivity contribution in [3.8, 4) is 11.5 Å². The van der Waals surface area contributed by atoms with Gasteiger partial charge in [0.15, 0.2) is 6.61 Å². The lowest BCUT2D eigenvalue weighted by Gasteiger charge is -2.07. The van der Waals surface area contributed by atoms with E-state index in [0.717, 1.165) is 16.7 Å². The van der Waals surface area contributed by atoms with Crippen LogP contribution in [-0.4, -0.2) is 23.8 Å². The number of carbonyl (C=O) groups excluding carboxylic acids is 1. The minimum atomic E-state index is -0.368. The summed E-state index contributed by atoms with van der Waals surface area (Å²) in [7, 11) is 0. The van der Waals surface area contributed by atoms with Gasteiger partial charge in [-0.1, -0.05) is 18.2 Å². The standard InChI is InChI=1S/C18H20N2O3/c1-12-7-13(2)9-16(8-12)23-11-17(21)20-19-10-15-6-4-5-14(3)18(15)22/h4-10,22H,11H2,1-3H3,(H,20,21). The Morgan fingerprint density at radius 3 is 2.61 bits per heavy atom. The number of nitrogens with one attached hydrogen (secondary N) is 1. The van der Waals surface area contributed by atoms with Crippen molar-refractivity contribution in [2.45, 2.75) is 20.8 Å². The lowest BCUT2D eigenvalue weighted by Crippen LogP contribution is -2.24. The molecule has 0 aliphatic carbocycles. The Morgan fingerprint density at radius 1 is 1.22 bits per heavy atom. The summed E-state index contributed by atoms with van der Waals surface area (Å²) in [5.41, 5.74) is 5.82. The number of hydrogen-bond acceptors (Lipinski definition) is 4. The number of benzene rings is 2. The first kappa shape index (κ1) is 16.5. The molecule has 0 saturated carbocycles. The van der Waals surface area contributed by atoms with Gasteiger partial charge in [-0.3, -0.25) is 4.79 Å². The Kier molecular flexibility index (Phi) is 5.36. The Hall–Kier alpha value is -2.82. The van der Waals surface area contributed by atoms with E-state index in [1.54, 1.807) is 25.1 Å². The van der Waals surface area contributed by atoms with Gasteiger partial charge in [-0.05, 0) is 55.7 Å². The third-order valence-electron chi connectivity index (χ3n) is 3.23. The fraction of sp³-hybridized carbons (Fsp3) is 0.222. The minimum Gasteiger partial charge on any atom is -0.507 e. The van der Waals surface area contributed by atoms with Gasteiger partial charge in [0.25, 0.3) is 5.91 Å². The number of para-hydroxylation sites is 1. The minimum absolute atomic E-state index is 0.125. The Bertz CT molecular complexity index is 719. The van der Waals surface area contributed by atoms with Gasteiger partial charge in [0.1, 0.15) is 11.5 Å². The van der Waals surface area contributed by atoms with Crippen molar-refractivity contribution in [3.63, 3.8) is 0 Å². The van der Waals surface area contributed by atoms with Gasteiger partial charge in [0.2, 0.25) is 0 Å². The molecule has 0 aliphatic rings. The van der Waals surface area contributed by atoms with Gasteiger partial charge in [-0.15, -0.1) is 0 Å². The number of aromatic hydroxyl groups is 1. The second kappa shape index (κ2) is 7.45. The molecule has 2 rings (SSSR count). The number of nitrogens with zero attached hydrogens (tertiary/aromatic N) is 1. The summed E-state index contributed by atoms with van der Waals surface area (Å²) in [6.45, 7) is 5.61. The van der Waals surface area contributed by atoms with E-state index in [1.165, 1.54) is 6.21 Å². The molecular weight excluding hydrogens is 292 g/mol. The maximum Gasteiger partial charge on any atom is 0.277 e. The Balaban J connectivity index is 1.87. The van der Waals surface area contributed by atoms with Crippen molar-refractivity contribution in [2.24, 2.45) is 5.10 Å². The molecule has 5 nitrogen and oxygen atoms in total. The summed E-state index contributed by atoms with van der Waals surface area (Å²) < 4.78 is 5.44. The van der Waals surface area contributed by atoms with Crippen LogP contribution >= 0.6 is 0 Å². The summed E-state index contributed by atoms with van der Waals surface area (Å²) in [5, 5.41) is 13.7. The van der Waals surface area contributed by atoms with Gasteiger partial charge in [0, 0.05) is 5.56 Å². The summed E-state index contributed by atoms with van der Waals surface area (Å²) in [5.74, 6) is 0.433. The first-order chi connectivity index (χ1) is 11.0. The molecule has 0 fully saturated rings. The molecule has 2 N–H and O–H groups in total. The number of carbonyl (C=O) groups is 1. The smallest absolute Gasteiger partial charge is 0.277 e. The summed E-state index contributed by atoms with van der Waals surface area (Å²) in [6, 6.07) is 11.1. The average molecular weight is 312 g/mol. The molecule has 2 aromatic carbocycles. The molecular formula is C18H20N2O3. The molecule has 0 atom stereocenters. The van der Waals surface area contributed by atoms with Crippen LogP contribution in [0.4, 0.5) is 0 Å².